The second-order valence-electron chi connectivity index (χ2n) is 2.88. The van der Waals surface area contributed by atoms with Crippen LogP contribution in [0, 0.1) is 12.5 Å². The van der Waals surface area contributed by atoms with Gasteiger partial charge in [0.25, 0.3) is 11.8 Å². The van der Waals surface area contributed by atoms with E-state index in [4.69, 9.17) is 12.2 Å². The SMILES string of the molecule is C#CN1C(=O)c2ccc(N)cc2C1=O. The molecular weight excluding hydrogens is 180 g/mol. The summed E-state index contributed by atoms with van der Waals surface area (Å²) in [5.41, 5.74) is 6.50. The van der Waals surface area contributed by atoms with Gasteiger partial charge in [0.2, 0.25) is 0 Å². The Morgan fingerprint density at radius 2 is 1.86 bits per heavy atom. The zero-order chi connectivity index (χ0) is 10.3. The summed E-state index contributed by atoms with van der Waals surface area (Å²) in [4.78, 5) is 23.7. The minimum absolute atomic E-state index is 0.271. The van der Waals surface area contributed by atoms with Crippen molar-refractivity contribution < 1.29 is 9.59 Å². The summed E-state index contributed by atoms with van der Waals surface area (Å²) in [6.07, 6.45) is 5.04. The highest BCUT2D eigenvalue weighted by molar-refractivity contribution is 6.22. The fourth-order valence-electron chi connectivity index (χ4n) is 1.38. The van der Waals surface area contributed by atoms with Crippen molar-refractivity contribution in [3.63, 3.8) is 0 Å². The van der Waals surface area contributed by atoms with Crippen LogP contribution in [0.1, 0.15) is 20.7 Å². The van der Waals surface area contributed by atoms with Crippen LogP contribution in [0.4, 0.5) is 5.69 Å². The molecule has 2 N–H and O–H groups in total. The number of anilines is 1. The monoisotopic (exact) mass is 186 g/mol. The maximum absolute atomic E-state index is 11.5. The average molecular weight is 186 g/mol. The quantitative estimate of drug-likeness (QED) is 0.363. The summed E-state index contributed by atoms with van der Waals surface area (Å²) in [5.74, 6) is -0.952. The summed E-state index contributed by atoms with van der Waals surface area (Å²) in [5, 5.41) is 0. The molecule has 0 unspecified atom stereocenters. The molecule has 1 aromatic carbocycles. The van der Waals surface area contributed by atoms with Gasteiger partial charge in [-0.3, -0.25) is 9.59 Å². The van der Waals surface area contributed by atoms with Gasteiger partial charge in [-0.25, -0.2) is 0 Å². The number of amides is 2. The summed E-state index contributed by atoms with van der Waals surface area (Å²) < 4.78 is 0. The first-order valence-corrected chi connectivity index (χ1v) is 3.89. The van der Waals surface area contributed by atoms with E-state index in [1.165, 1.54) is 12.1 Å². The number of rotatable bonds is 0. The van der Waals surface area contributed by atoms with E-state index in [0.29, 0.717) is 11.3 Å². The number of terminal acetylenes is 1. The van der Waals surface area contributed by atoms with Crippen molar-refractivity contribution in [3.8, 4) is 12.5 Å². The van der Waals surface area contributed by atoms with Crippen LogP contribution in [-0.2, 0) is 0 Å². The zero-order valence-electron chi connectivity index (χ0n) is 7.15. The average Bonchev–Trinajstić information content (AvgIpc) is 2.39. The van der Waals surface area contributed by atoms with E-state index >= 15 is 0 Å². The van der Waals surface area contributed by atoms with E-state index in [1.807, 2.05) is 6.04 Å². The van der Waals surface area contributed by atoms with Crippen LogP contribution in [0.2, 0.25) is 0 Å². The molecule has 4 nitrogen and oxygen atoms in total. The molecule has 2 rings (SSSR count). The number of imide groups is 1. The van der Waals surface area contributed by atoms with Crippen molar-refractivity contribution in [3.05, 3.63) is 29.3 Å². The zero-order valence-corrected chi connectivity index (χ0v) is 7.15. The number of nitrogen functional groups attached to an aromatic ring is 1. The minimum Gasteiger partial charge on any atom is -0.399 e. The van der Waals surface area contributed by atoms with Gasteiger partial charge in [-0.05, 0) is 18.2 Å². The minimum atomic E-state index is -0.486. The van der Waals surface area contributed by atoms with Crippen molar-refractivity contribution >= 4 is 17.5 Å². The van der Waals surface area contributed by atoms with E-state index in [-0.39, 0.29) is 5.56 Å². The number of carbonyl (C=O) groups is 2. The number of hydrogen-bond acceptors (Lipinski definition) is 3. The first kappa shape index (κ1) is 8.32. The van der Waals surface area contributed by atoms with Crippen molar-refractivity contribution in [2.45, 2.75) is 0 Å². The van der Waals surface area contributed by atoms with Crippen LogP contribution in [-0.4, -0.2) is 16.7 Å². The number of benzene rings is 1. The lowest BCUT2D eigenvalue weighted by atomic mass is 10.1. The molecule has 0 radical (unpaired) electrons. The highest BCUT2D eigenvalue weighted by atomic mass is 16.2. The standard InChI is InChI=1S/C10H6N2O2/c1-2-12-9(13)7-4-3-6(11)5-8(7)10(12)14/h1,3-5H,11H2. The molecule has 0 fully saturated rings. The molecule has 68 valence electrons. The van der Waals surface area contributed by atoms with Crippen molar-refractivity contribution in [1.29, 1.82) is 0 Å². The normalized spacial score (nSPS) is 14.1. The Bertz CT molecular complexity index is 485. The number of nitrogens with zero attached hydrogens (tertiary/aromatic N) is 1. The third-order valence-electron chi connectivity index (χ3n) is 2.04. The maximum atomic E-state index is 11.5. The molecule has 0 saturated heterocycles. The summed E-state index contributed by atoms with van der Waals surface area (Å²) >= 11 is 0. The maximum Gasteiger partial charge on any atom is 0.273 e. The molecule has 14 heavy (non-hydrogen) atoms. The Balaban J connectivity index is 2.66. The fraction of sp³-hybridized carbons (Fsp3) is 0. The number of nitrogens with two attached hydrogens (primary N) is 1. The van der Waals surface area contributed by atoms with Crippen LogP contribution >= 0.6 is 0 Å². The molecule has 0 saturated carbocycles. The molecule has 0 aliphatic carbocycles. The predicted molar refractivity (Wildman–Crippen MR) is 50.2 cm³/mol. The lowest BCUT2D eigenvalue weighted by Crippen LogP contribution is -2.23. The van der Waals surface area contributed by atoms with Gasteiger partial charge in [-0.2, -0.15) is 4.90 Å². The van der Waals surface area contributed by atoms with Gasteiger partial charge in [-0.15, -0.1) is 0 Å². The van der Waals surface area contributed by atoms with Gasteiger partial charge in [0.05, 0.1) is 11.1 Å². The van der Waals surface area contributed by atoms with Crippen molar-refractivity contribution in [2.75, 3.05) is 5.73 Å². The number of hydrogen-bond donors (Lipinski definition) is 1. The Hall–Kier alpha value is -2.28. The predicted octanol–water partition coefficient (Wildman–Crippen LogP) is 0.456. The molecule has 0 atom stereocenters. The topological polar surface area (TPSA) is 63.4 Å². The number of fused-ring (bicyclic) bond motifs is 1. The van der Waals surface area contributed by atoms with E-state index in [0.717, 1.165) is 4.90 Å². The number of carbonyl (C=O) groups excluding carboxylic acids is 2. The molecule has 0 bridgehead atoms. The van der Waals surface area contributed by atoms with Crippen LogP contribution in [0.15, 0.2) is 18.2 Å². The first-order chi connectivity index (χ1) is 6.65. The molecule has 4 heteroatoms. The third-order valence-corrected chi connectivity index (χ3v) is 2.04. The van der Waals surface area contributed by atoms with E-state index in [1.54, 1.807) is 6.07 Å². The molecule has 0 spiro atoms. The first-order valence-electron chi connectivity index (χ1n) is 3.89. The summed E-state index contributed by atoms with van der Waals surface area (Å²) in [6, 6.07) is 6.54. The Morgan fingerprint density at radius 1 is 1.21 bits per heavy atom. The van der Waals surface area contributed by atoms with Crippen molar-refractivity contribution in [1.82, 2.24) is 4.90 Å². The molecule has 2 amide bonds. The Labute approximate surface area is 80.3 Å². The molecule has 1 aliphatic rings. The Morgan fingerprint density at radius 3 is 2.50 bits per heavy atom. The fourth-order valence-corrected chi connectivity index (χ4v) is 1.38. The van der Waals surface area contributed by atoms with Crippen LogP contribution < -0.4 is 5.73 Å². The van der Waals surface area contributed by atoms with E-state index < -0.39 is 11.8 Å². The molecule has 1 aromatic rings. The van der Waals surface area contributed by atoms with Gasteiger partial charge >= 0.3 is 0 Å². The van der Waals surface area contributed by atoms with Crippen molar-refractivity contribution in [2.24, 2.45) is 0 Å². The van der Waals surface area contributed by atoms with Gasteiger partial charge < -0.3 is 5.73 Å². The largest absolute Gasteiger partial charge is 0.399 e. The second kappa shape index (κ2) is 2.60. The lowest BCUT2D eigenvalue weighted by Gasteiger charge is -2.00. The van der Waals surface area contributed by atoms with Crippen LogP contribution in [0.25, 0.3) is 0 Å². The van der Waals surface area contributed by atoms with Gasteiger partial charge in [0.1, 0.15) is 0 Å². The lowest BCUT2D eigenvalue weighted by molar-refractivity contribution is 0.0735. The smallest absolute Gasteiger partial charge is 0.273 e. The third kappa shape index (κ3) is 0.896. The van der Waals surface area contributed by atoms with Gasteiger partial charge in [0, 0.05) is 11.7 Å². The highest BCUT2D eigenvalue weighted by Gasteiger charge is 2.34. The summed E-state index contributed by atoms with van der Waals surface area (Å²) in [6.45, 7) is 0. The highest BCUT2D eigenvalue weighted by Crippen LogP contribution is 2.23. The molecular formula is C10H6N2O2. The molecule has 1 aliphatic heterocycles. The molecule has 0 aromatic heterocycles. The van der Waals surface area contributed by atoms with Crippen LogP contribution in [0.3, 0.4) is 0 Å². The van der Waals surface area contributed by atoms with Gasteiger partial charge in [-0.1, -0.05) is 6.42 Å². The van der Waals surface area contributed by atoms with Crippen LogP contribution in [0.5, 0.6) is 0 Å². The van der Waals surface area contributed by atoms with E-state index in [9.17, 15) is 9.59 Å². The van der Waals surface area contributed by atoms with Gasteiger partial charge in [0.15, 0.2) is 0 Å². The second-order valence-corrected chi connectivity index (χ2v) is 2.88. The Kier molecular flexibility index (Phi) is 1.55. The van der Waals surface area contributed by atoms with E-state index in [2.05, 4.69) is 0 Å². The molecule has 1 heterocycles. The summed E-state index contributed by atoms with van der Waals surface area (Å²) in [7, 11) is 0.